The van der Waals surface area contributed by atoms with E-state index in [2.05, 4.69) is 43.3 Å². The Morgan fingerprint density at radius 1 is 1.11 bits per heavy atom. The van der Waals surface area contributed by atoms with Crippen molar-refractivity contribution in [3.05, 3.63) is 60.3 Å². The van der Waals surface area contributed by atoms with Crippen molar-refractivity contribution in [3.8, 4) is 5.75 Å². The number of hydrogen-bond acceptors (Lipinski definition) is 3. The van der Waals surface area contributed by atoms with Crippen LogP contribution in [0.25, 0.3) is 10.9 Å². The second-order valence-corrected chi connectivity index (χ2v) is 8.09. The lowest BCUT2D eigenvalue weighted by atomic mass is 9.88. The van der Waals surface area contributed by atoms with Crippen molar-refractivity contribution in [1.82, 2.24) is 10.3 Å². The van der Waals surface area contributed by atoms with Gasteiger partial charge in [-0.25, -0.2) is 0 Å². The summed E-state index contributed by atoms with van der Waals surface area (Å²) in [5, 5.41) is 7.37. The van der Waals surface area contributed by atoms with Crippen molar-refractivity contribution in [1.29, 1.82) is 0 Å². The van der Waals surface area contributed by atoms with Gasteiger partial charge >= 0.3 is 0 Å². The number of aromatic amines is 1. The van der Waals surface area contributed by atoms with Crippen LogP contribution in [-0.4, -0.2) is 30.1 Å². The predicted molar refractivity (Wildman–Crippen MR) is 115 cm³/mol. The predicted octanol–water partition coefficient (Wildman–Crippen LogP) is 4.82. The fraction of sp³-hybridized carbons (Fsp3) is 0.348. The van der Waals surface area contributed by atoms with Crippen LogP contribution in [0, 0.1) is 5.41 Å². The van der Waals surface area contributed by atoms with E-state index in [1.54, 1.807) is 0 Å². The van der Waals surface area contributed by atoms with Gasteiger partial charge in [0.15, 0.2) is 0 Å². The van der Waals surface area contributed by atoms with Crippen molar-refractivity contribution in [2.24, 2.45) is 5.41 Å². The Hall–Kier alpha value is -2.79. The van der Waals surface area contributed by atoms with E-state index in [4.69, 9.17) is 4.74 Å². The van der Waals surface area contributed by atoms with E-state index in [0.717, 1.165) is 17.4 Å². The first-order valence-electron chi connectivity index (χ1n) is 9.69. The third-order valence-corrected chi connectivity index (χ3v) is 5.08. The van der Waals surface area contributed by atoms with E-state index < -0.39 is 0 Å². The van der Waals surface area contributed by atoms with Gasteiger partial charge in [0.05, 0.1) is 5.69 Å². The molecule has 3 aromatic rings. The number of fused-ring (bicyclic) bond motifs is 1. The molecule has 0 saturated carbocycles. The van der Waals surface area contributed by atoms with Gasteiger partial charge in [-0.1, -0.05) is 39.0 Å². The summed E-state index contributed by atoms with van der Waals surface area (Å²) < 4.78 is 5.93. The third kappa shape index (κ3) is 4.73. The van der Waals surface area contributed by atoms with Gasteiger partial charge in [-0.15, -0.1) is 0 Å². The number of ether oxygens (including phenoxy) is 1. The molecule has 1 aromatic heterocycles. The zero-order chi connectivity index (χ0) is 20.1. The highest BCUT2D eigenvalue weighted by Crippen LogP contribution is 2.26. The molecule has 0 aliphatic heterocycles. The molecule has 3 rings (SSSR count). The van der Waals surface area contributed by atoms with Gasteiger partial charge < -0.3 is 20.4 Å². The van der Waals surface area contributed by atoms with Crippen LogP contribution in [0.4, 0.5) is 5.69 Å². The van der Waals surface area contributed by atoms with Crippen LogP contribution < -0.4 is 15.4 Å². The summed E-state index contributed by atoms with van der Waals surface area (Å²) in [7, 11) is 0. The van der Waals surface area contributed by atoms with Crippen molar-refractivity contribution in [3.63, 3.8) is 0 Å². The average molecular weight is 380 g/mol. The summed E-state index contributed by atoms with van der Waals surface area (Å²) in [6, 6.07) is 15.5. The maximum Gasteiger partial charge on any atom is 0.256 e. The van der Waals surface area contributed by atoms with Crippen LogP contribution in [0.5, 0.6) is 5.75 Å². The smallest absolute Gasteiger partial charge is 0.256 e. The standard InChI is InChI=1S/C23H29N3O2/c1-16(23(2,3)4)24-14-15-28-21-11-6-5-9-20(21)26-22(27)18-8-7-10-19-17(18)12-13-25-19/h5-13,16,24-25H,14-15H2,1-4H3,(H,26,27). The quantitative estimate of drug-likeness (QED) is 0.516. The Balaban J connectivity index is 1.64. The SMILES string of the molecule is CC(NCCOc1ccccc1NC(=O)c1cccc2[nH]ccc12)C(C)(C)C. The first-order valence-corrected chi connectivity index (χ1v) is 9.69. The molecular weight excluding hydrogens is 350 g/mol. The van der Waals surface area contributed by atoms with Crippen molar-refractivity contribution in [2.45, 2.75) is 33.7 Å². The second kappa shape index (κ2) is 8.48. The van der Waals surface area contributed by atoms with E-state index in [9.17, 15) is 4.79 Å². The first-order chi connectivity index (χ1) is 13.4. The van der Waals surface area contributed by atoms with E-state index in [0.29, 0.717) is 29.6 Å². The van der Waals surface area contributed by atoms with Crippen molar-refractivity contribution >= 4 is 22.5 Å². The molecule has 0 aliphatic carbocycles. The molecule has 148 valence electrons. The summed E-state index contributed by atoms with van der Waals surface area (Å²) >= 11 is 0. The lowest BCUT2D eigenvalue weighted by Crippen LogP contribution is -2.39. The van der Waals surface area contributed by atoms with Crippen LogP contribution in [0.15, 0.2) is 54.7 Å². The van der Waals surface area contributed by atoms with E-state index in [1.807, 2.05) is 54.7 Å². The van der Waals surface area contributed by atoms with Crippen molar-refractivity contribution < 1.29 is 9.53 Å². The first kappa shape index (κ1) is 20.0. The molecule has 1 heterocycles. The normalized spacial score (nSPS) is 12.7. The van der Waals surface area contributed by atoms with E-state index >= 15 is 0 Å². The number of amides is 1. The van der Waals surface area contributed by atoms with Gasteiger partial charge in [0.1, 0.15) is 12.4 Å². The fourth-order valence-corrected chi connectivity index (χ4v) is 2.91. The molecule has 28 heavy (non-hydrogen) atoms. The number of nitrogens with one attached hydrogen (secondary N) is 3. The molecule has 0 saturated heterocycles. The highest BCUT2D eigenvalue weighted by molar-refractivity contribution is 6.12. The Bertz CT molecular complexity index is 940. The molecular formula is C23H29N3O2. The molecule has 0 bridgehead atoms. The number of anilines is 1. The molecule has 5 nitrogen and oxygen atoms in total. The lowest BCUT2D eigenvalue weighted by molar-refractivity contribution is 0.102. The van der Waals surface area contributed by atoms with Gasteiger partial charge in [0.2, 0.25) is 0 Å². The molecule has 1 atom stereocenters. The molecule has 2 aromatic carbocycles. The highest BCUT2D eigenvalue weighted by Gasteiger charge is 2.19. The molecule has 1 unspecified atom stereocenters. The second-order valence-electron chi connectivity index (χ2n) is 8.09. The Morgan fingerprint density at radius 3 is 2.68 bits per heavy atom. The number of hydrogen-bond donors (Lipinski definition) is 3. The van der Waals surface area contributed by atoms with Crippen LogP contribution in [0.3, 0.4) is 0 Å². The molecule has 0 aliphatic rings. The number of rotatable bonds is 7. The van der Waals surface area contributed by atoms with Crippen LogP contribution >= 0.6 is 0 Å². The van der Waals surface area contributed by atoms with Crippen LogP contribution in [-0.2, 0) is 0 Å². The number of benzene rings is 2. The number of carbonyl (C=O) groups excluding carboxylic acids is 1. The maximum atomic E-state index is 12.8. The fourth-order valence-electron chi connectivity index (χ4n) is 2.91. The van der Waals surface area contributed by atoms with Gasteiger partial charge in [-0.2, -0.15) is 0 Å². The number of carbonyl (C=O) groups is 1. The molecule has 0 radical (unpaired) electrons. The Labute approximate surface area is 166 Å². The molecule has 5 heteroatoms. The number of aromatic nitrogens is 1. The monoisotopic (exact) mass is 379 g/mol. The summed E-state index contributed by atoms with van der Waals surface area (Å²) in [5.41, 5.74) is 2.44. The summed E-state index contributed by atoms with van der Waals surface area (Å²) in [6.07, 6.45) is 1.84. The number of H-pyrrole nitrogens is 1. The molecule has 0 fully saturated rings. The minimum atomic E-state index is -0.152. The zero-order valence-corrected chi connectivity index (χ0v) is 17.0. The molecule has 1 amide bonds. The van der Waals surface area contributed by atoms with Gasteiger partial charge in [0, 0.05) is 35.2 Å². The summed E-state index contributed by atoms with van der Waals surface area (Å²) in [4.78, 5) is 15.9. The minimum absolute atomic E-state index is 0.152. The largest absolute Gasteiger partial charge is 0.490 e. The van der Waals surface area contributed by atoms with Gasteiger partial charge in [-0.3, -0.25) is 4.79 Å². The summed E-state index contributed by atoms with van der Waals surface area (Å²) in [5.74, 6) is 0.517. The molecule has 0 spiro atoms. The zero-order valence-electron chi connectivity index (χ0n) is 17.0. The van der Waals surface area contributed by atoms with E-state index in [1.165, 1.54) is 0 Å². The average Bonchev–Trinajstić information content (AvgIpc) is 3.14. The summed E-state index contributed by atoms with van der Waals surface area (Å²) in [6.45, 7) is 10.1. The van der Waals surface area contributed by atoms with Gasteiger partial charge in [-0.05, 0) is 42.7 Å². The van der Waals surface area contributed by atoms with Gasteiger partial charge in [0.25, 0.3) is 5.91 Å². The highest BCUT2D eigenvalue weighted by atomic mass is 16.5. The lowest BCUT2D eigenvalue weighted by Gasteiger charge is -2.28. The van der Waals surface area contributed by atoms with Crippen LogP contribution in [0.2, 0.25) is 0 Å². The maximum absolute atomic E-state index is 12.8. The van der Waals surface area contributed by atoms with Crippen LogP contribution in [0.1, 0.15) is 38.1 Å². The minimum Gasteiger partial charge on any atom is -0.490 e. The molecule has 3 N–H and O–H groups in total. The Morgan fingerprint density at radius 2 is 1.89 bits per heavy atom. The third-order valence-electron chi connectivity index (χ3n) is 5.08. The van der Waals surface area contributed by atoms with Crippen molar-refractivity contribution in [2.75, 3.05) is 18.5 Å². The van der Waals surface area contributed by atoms with E-state index in [-0.39, 0.29) is 11.3 Å². The Kier molecular flexibility index (Phi) is 6.05. The topological polar surface area (TPSA) is 66.2 Å². The number of para-hydroxylation sites is 2.